The Kier molecular flexibility index (Phi) is 6.01. The summed E-state index contributed by atoms with van der Waals surface area (Å²) in [7, 11) is 0. The summed E-state index contributed by atoms with van der Waals surface area (Å²) >= 11 is 0. The number of hydrogen-bond acceptors (Lipinski definition) is 6. The zero-order chi connectivity index (χ0) is 27.4. The number of hydrogen-bond donors (Lipinski definition) is 3. The molecule has 3 amide bonds. The molecule has 10 nitrogen and oxygen atoms in total. The molecule has 3 aromatic rings. The zero-order valence-electron chi connectivity index (χ0n) is 19.5. The molecular formula is C24H21F4N5O5. The summed E-state index contributed by atoms with van der Waals surface area (Å²) in [5.74, 6) is -4.74. The molecule has 4 N–H and O–H groups in total. The number of fused-ring (bicyclic) bond motifs is 2. The maximum atomic E-state index is 14.6. The van der Waals surface area contributed by atoms with Crippen LogP contribution in [0.2, 0.25) is 0 Å². The molecular weight excluding hydrogens is 514 g/mol. The van der Waals surface area contributed by atoms with Gasteiger partial charge in [0, 0.05) is 16.8 Å². The molecule has 0 bridgehead atoms. The number of rotatable bonds is 7. The molecule has 38 heavy (non-hydrogen) atoms. The van der Waals surface area contributed by atoms with Crippen molar-refractivity contribution in [2.45, 2.75) is 37.8 Å². The van der Waals surface area contributed by atoms with Gasteiger partial charge in [0.2, 0.25) is 11.8 Å². The molecule has 2 aliphatic rings. The van der Waals surface area contributed by atoms with Crippen LogP contribution in [-0.2, 0) is 16.1 Å². The Morgan fingerprint density at radius 2 is 1.89 bits per heavy atom. The Hall–Kier alpha value is -4.20. The van der Waals surface area contributed by atoms with Crippen molar-refractivity contribution >= 4 is 34.3 Å². The van der Waals surface area contributed by atoms with Crippen LogP contribution in [-0.4, -0.2) is 62.6 Å². The average Bonchev–Trinajstić information content (AvgIpc) is 3.28. The third-order valence-electron chi connectivity index (χ3n) is 6.95. The lowest BCUT2D eigenvalue weighted by Crippen LogP contribution is -2.46. The third kappa shape index (κ3) is 4.40. The maximum absolute atomic E-state index is 14.6. The fourth-order valence-electron chi connectivity index (χ4n) is 5.11. The number of para-hydroxylation sites is 1. The first-order valence-electron chi connectivity index (χ1n) is 11.5. The summed E-state index contributed by atoms with van der Waals surface area (Å²) in [5.41, 5.74) is 4.56. The van der Waals surface area contributed by atoms with Crippen LogP contribution in [0.5, 0.6) is 5.75 Å². The van der Waals surface area contributed by atoms with Gasteiger partial charge >= 0.3 is 6.36 Å². The fourth-order valence-corrected chi connectivity index (χ4v) is 5.11. The second kappa shape index (κ2) is 8.97. The van der Waals surface area contributed by atoms with E-state index in [0.29, 0.717) is 17.3 Å². The third-order valence-corrected chi connectivity index (χ3v) is 6.95. The largest absolute Gasteiger partial charge is 0.573 e. The molecule has 200 valence electrons. The molecule has 0 spiro atoms. The van der Waals surface area contributed by atoms with Crippen molar-refractivity contribution in [1.82, 2.24) is 14.7 Å². The van der Waals surface area contributed by atoms with Crippen LogP contribution in [0, 0.1) is 11.2 Å². The van der Waals surface area contributed by atoms with Gasteiger partial charge in [0.1, 0.15) is 12.6 Å². The van der Waals surface area contributed by atoms with E-state index < -0.39 is 58.8 Å². The smallest absolute Gasteiger partial charge is 0.403 e. The Morgan fingerprint density at radius 1 is 1.16 bits per heavy atom. The molecule has 1 aliphatic carbocycles. The van der Waals surface area contributed by atoms with Crippen molar-refractivity contribution in [2.75, 3.05) is 11.9 Å². The van der Waals surface area contributed by atoms with Crippen LogP contribution in [0.3, 0.4) is 0 Å². The number of nitrogens with two attached hydrogens (primary N) is 1. The number of piperidine rings is 1. The minimum atomic E-state index is -5.14. The highest BCUT2D eigenvalue weighted by atomic mass is 19.4. The Morgan fingerprint density at radius 3 is 2.58 bits per heavy atom. The van der Waals surface area contributed by atoms with Gasteiger partial charge in [-0.2, -0.15) is 5.10 Å². The van der Waals surface area contributed by atoms with E-state index in [9.17, 15) is 37.1 Å². The number of alkyl halides is 3. The number of carbonyl (C=O) groups excluding carboxylic acids is 3. The molecule has 1 saturated heterocycles. The topological polar surface area (TPSA) is 140 Å². The maximum Gasteiger partial charge on any atom is 0.573 e. The van der Waals surface area contributed by atoms with Gasteiger partial charge in [-0.25, -0.2) is 4.39 Å². The Bertz CT molecular complexity index is 1460. The van der Waals surface area contributed by atoms with Crippen LogP contribution >= 0.6 is 0 Å². The summed E-state index contributed by atoms with van der Waals surface area (Å²) in [6.45, 7) is -0.663. The van der Waals surface area contributed by atoms with E-state index in [1.165, 1.54) is 9.58 Å². The number of ether oxygens (including phenoxy) is 1. The summed E-state index contributed by atoms with van der Waals surface area (Å²) in [4.78, 5) is 39.7. The molecule has 0 radical (unpaired) electrons. The molecule has 2 heterocycles. The Balaban J connectivity index is 1.40. The number of primary amides is 1. The van der Waals surface area contributed by atoms with E-state index in [-0.39, 0.29) is 25.3 Å². The predicted molar refractivity (Wildman–Crippen MR) is 123 cm³/mol. The average molecular weight is 535 g/mol. The van der Waals surface area contributed by atoms with Crippen molar-refractivity contribution in [3.63, 3.8) is 0 Å². The van der Waals surface area contributed by atoms with E-state index in [2.05, 4.69) is 15.2 Å². The normalized spacial score (nSPS) is 22.3. The minimum absolute atomic E-state index is 0.0309. The SMILES string of the molecule is NC(=O)c1nn(CC(=O)N2[C@H](C(=O)Nc3cccc(OC(F)(F)F)c3F)C[C@@]3(CO)C[C@@H]23)c2ccccc12. The van der Waals surface area contributed by atoms with E-state index in [1.54, 1.807) is 24.3 Å². The van der Waals surface area contributed by atoms with Crippen LogP contribution in [0.1, 0.15) is 23.3 Å². The number of likely N-dealkylation sites (tertiary alicyclic amines) is 1. The molecule has 0 unspecified atom stereocenters. The molecule has 14 heteroatoms. The van der Waals surface area contributed by atoms with Crippen molar-refractivity contribution in [3.8, 4) is 5.75 Å². The highest BCUT2D eigenvalue weighted by Crippen LogP contribution is 2.59. The first-order valence-corrected chi connectivity index (χ1v) is 11.5. The molecule has 5 rings (SSSR count). The van der Waals surface area contributed by atoms with Gasteiger partial charge in [0.25, 0.3) is 5.91 Å². The van der Waals surface area contributed by atoms with Gasteiger partial charge in [0.05, 0.1) is 17.8 Å². The fraction of sp³-hybridized carbons (Fsp3) is 0.333. The van der Waals surface area contributed by atoms with Gasteiger partial charge < -0.3 is 25.8 Å². The second-order valence-electron chi connectivity index (χ2n) is 9.30. The van der Waals surface area contributed by atoms with Gasteiger partial charge in [-0.1, -0.05) is 24.3 Å². The number of nitrogens with zero attached hydrogens (tertiary/aromatic N) is 3. The van der Waals surface area contributed by atoms with Crippen molar-refractivity contribution in [1.29, 1.82) is 0 Å². The second-order valence-corrected chi connectivity index (χ2v) is 9.30. The first-order chi connectivity index (χ1) is 17.9. The summed E-state index contributed by atoms with van der Waals surface area (Å²) in [5, 5.41) is 16.8. The van der Waals surface area contributed by atoms with Crippen LogP contribution in [0.25, 0.3) is 10.9 Å². The van der Waals surface area contributed by atoms with Gasteiger partial charge in [-0.3, -0.25) is 19.1 Å². The van der Waals surface area contributed by atoms with E-state index in [1.807, 2.05) is 0 Å². The van der Waals surface area contributed by atoms with Crippen LogP contribution < -0.4 is 15.8 Å². The van der Waals surface area contributed by atoms with Gasteiger partial charge in [0.15, 0.2) is 17.3 Å². The standard InChI is InChI=1S/C24H21F4N5O5/c25-19-13(5-3-7-16(19)38-24(26,27)28)30-22(37)15-8-23(11-34)9-17(23)33(15)18(35)10-32-14-6-2-1-4-12(14)20(31-32)21(29)36/h1-7,15,17,34H,8-11H2,(H2,29,36)(H,30,37)/t15-,17+,23-/m0/s1. The minimum Gasteiger partial charge on any atom is -0.403 e. The number of aliphatic hydroxyl groups is 1. The number of anilines is 1. The first kappa shape index (κ1) is 25.4. The van der Waals surface area contributed by atoms with Crippen molar-refractivity contribution < 1.29 is 41.8 Å². The van der Waals surface area contributed by atoms with Crippen LogP contribution in [0.4, 0.5) is 23.2 Å². The highest BCUT2D eigenvalue weighted by molar-refractivity contribution is 6.04. The van der Waals surface area contributed by atoms with Gasteiger partial charge in [-0.15, -0.1) is 13.2 Å². The predicted octanol–water partition coefficient (Wildman–Crippen LogP) is 2.16. The summed E-state index contributed by atoms with van der Waals surface area (Å²) in [6, 6.07) is 7.90. The zero-order valence-corrected chi connectivity index (χ0v) is 19.5. The van der Waals surface area contributed by atoms with E-state index >= 15 is 0 Å². The highest BCUT2D eigenvalue weighted by Gasteiger charge is 2.66. The number of halogens is 4. The van der Waals surface area contributed by atoms with Crippen molar-refractivity contribution in [2.24, 2.45) is 11.1 Å². The molecule has 3 atom stereocenters. The molecule has 1 aromatic heterocycles. The number of amides is 3. The lowest BCUT2D eigenvalue weighted by Gasteiger charge is -2.27. The molecule has 1 saturated carbocycles. The Labute approximate surface area is 211 Å². The van der Waals surface area contributed by atoms with E-state index in [0.717, 1.165) is 18.2 Å². The molecule has 2 aromatic carbocycles. The van der Waals surface area contributed by atoms with Gasteiger partial charge in [-0.05, 0) is 31.0 Å². The summed E-state index contributed by atoms with van der Waals surface area (Å²) < 4.78 is 57.3. The number of carbonyl (C=O) groups is 3. The number of benzene rings is 2. The van der Waals surface area contributed by atoms with E-state index in [4.69, 9.17) is 5.73 Å². The molecule has 2 fully saturated rings. The number of aliphatic hydroxyl groups excluding tert-OH is 1. The lowest BCUT2D eigenvalue weighted by atomic mass is 10.00. The monoisotopic (exact) mass is 535 g/mol. The summed E-state index contributed by atoms with van der Waals surface area (Å²) in [6.07, 6.45) is -4.63. The number of aromatic nitrogens is 2. The van der Waals surface area contributed by atoms with Crippen LogP contribution in [0.15, 0.2) is 42.5 Å². The quantitative estimate of drug-likeness (QED) is 0.396. The number of nitrogens with one attached hydrogen (secondary N) is 1. The molecule has 1 aliphatic heterocycles. The van der Waals surface area contributed by atoms with Crippen molar-refractivity contribution in [3.05, 3.63) is 54.0 Å². The lowest BCUT2D eigenvalue weighted by molar-refractivity contribution is -0.275.